The molecule has 0 aliphatic rings. The molecule has 0 spiro atoms. The van der Waals surface area contributed by atoms with Crippen LogP contribution in [0.2, 0.25) is 0 Å². The van der Waals surface area contributed by atoms with Crippen molar-refractivity contribution in [1.82, 2.24) is 15.4 Å². The lowest BCUT2D eigenvalue weighted by Gasteiger charge is -2.15. The van der Waals surface area contributed by atoms with Gasteiger partial charge in [0.1, 0.15) is 6.04 Å². The third-order valence-corrected chi connectivity index (χ3v) is 5.32. The van der Waals surface area contributed by atoms with E-state index >= 15 is 0 Å². The van der Waals surface area contributed by atoms with Crippen molar-refractivity contribution in [2.75, 3.05) is 6.54 Å². The van der Waals surface area contributed by atoms with Crippen LogP contribution in [0.5, 0.6) is 0 Å². The highest BCUT2D eigenvalue weighted by atomic mass is 79.9. The molecule has 134 valence electrons. The highest BCUT2D eigenvalue weighted by Crippen LogP contribution is 2.21. The average Bonchev–Trinajstić information content (AvgIpc) is 2.46. The van der Waals surface area contributed by atoms with E-state index in [-0.39, 0.29) is 22.4 Å². The molecule has 1 aromatic rings. The number of carbonyl (C=O) groups excluding carboxylic acids is 2. The molecule has 24 heavy (non-hydrogen) atoms. The second kappa shape index (κ2) is 8.59. The number of amides is 2. The molecule has 0 aromatic heterocycles. The fourth-order valence-corrected chi connectivity index (χ4v) is 3.59. The van der Waals surface area contributed by atoms with Gasteiger partial charge in [-0.3, -0.25) is 9.59 Å². The van der Waals surface area contributed by atoms with Crippen LogP contribution >= 0.6 is 15.9 Å². The molecule has 0 heterocycles. The fourth-order valence-electron chi connectivity index (χ4n) is 1.89. The first-order valence-electron chi connectivity index (χ1n) is 7.49. The van der Waals surface area contributed by atoms with E-state index in [9.17, 15) is 18.0 Å². The van der Waals surface area contributed by atoms with Gasteiger partial charge in [-0.1, -0.05) is 0 Å². The highest BCUT2D eigenvalue weighted by Gasteiger charge is 2.21. The standard InChI is InChI=1S/C15H22BrN3O4S/c1-5-17-14(20)10(4)18-15(21)12-8-11(6-7-13(12)16)24(22,23)19-9(2)3/h6-10,19H,5H2,1-4H3,(H,17,20)(H,18,21). The van der Waals surface area contributed by atoms with E-state index in [1.54, 1.807) is 27.7 Å². The van der Waals surface area contributed by atoms with Gasteiger partial charge in [0.15, 0.2) is 0 Å². The predicted molar refractivity (Wildman–Crippen MR) is 95.2 cm³/mol. The number of sulfonamides is 1. The lowest BCUT2D eigenvalue weighted by molar-refractivity contribution is -0.122. The maximum absolute atomic E-state index is 12.3. The topological polar surface area (TPSA) is 104 Å². The van der Waals surface area contributed by atoms with Crippen molar-refractivity contribution < 1.29 is 18.0 Å². The van der Waals surface area contributed by atoms with Gasteiger partial charge in [0.25, 0.3) is 5.91 Å². The van der Waals surface area contributed by atoms with E-state index in [1.165, 1.54) is 18.2 Å². The van der Waals surface area contributed by atoms with E-state index < -0.39 is 22.0 Å². The Kier molecular flexibility index (Phi) is 7.37. The molecule has 0 fully saturated rings. The zero-order valence-electron chi connectivity index (χ0n) is 14.0. The number of nitrogens with one attached hydrogen (secondary N) is 3. The molecule has 0 saturated carbocycles. The molecule has 0 aliphatic heterocycles. The first-order chi connectivity index (χ1) is 11.1. The molecule has 9 heteroatoms. The molecule has 0 saturated heterocycles. The molecule has 0 bridgehead atoms. The number of halogens is 1. The molecule has 1 aromatic carbocycles. The number of carbonyl (C=O) groups is 2. The Balaban J connectivity index is 3.06. The van der Waals surface area contributed by atoms with Crippen molar-refractivity contribution in [3.8, 4) is 0 Å². The molecule has 0 aliphatic carbocycles. The quantitative estimate of drug-likeness (QED) is 0.620. The number of likely N-dealkylation sites (N-methyl/N-ethyl adjacent to an activating group) is 1. The van der Waals surface area contributed by atoms with E-state index in [2.05, 4.69) is 31.3 Å². The van der Waals surface area contributed by atoms with Gasteiger partial charge in [0.2, 0.25) is 15.9 Å². The third-order valence-electron chi connectivity index (χ3n) is 2.98. The van der Waals surface area contributed by atoms with E-state index in [0.29, 0.717) is 11.0 Å². The number of hydrogen-bond donors (Lipinski definition) is 3. The van der Waals surface area contributed by atoms with Crippen molar-refractivity contribution in [2.45, 2.75) is 44.7 Å². The Morgan fingerprint density at radius 3 is 2.38 bits per heavy atom. The average molecular weight is 420 g/mol. The normalized spacial score (nSPS) is 12.8. The maximum Gasteiger partial charge on any atom is 0.253 e. The Morgan fingerprint density at radius 1 is 1.21 bits per heavy atom. The summed E-state index contributed by atoms with van der Waals surface area (Å²) in [6, 6.07) is 3.15. The second-order valence-corrected chi connectivity index (χ2v) is 8.08. The van der Waals surface area contributed by atoms with Crippen molar-refractivity contribution in [1.29, 1.82) is 0 Å². The summed E-state index contributed by atoms with van der Waals surface area (Å²) < 4.78 is 27.3. The summed E-state index contributed by atoms with van der Waals surface area (Å²) >= 11 is 3.23. The molecule has 1 atom stereocenters. The minimum atomic E-state index is -3.72. The zero-order valence-corrected chi connectivity index (χ0v) is 16.4. The number of hydrogen-bond acceptors (Lipinski definition) is 4. The first-order valence-corrected chi connectivity index (χ1v) is 9.76. The number of benzene rings is 1. The van der Waals surface area contributed by atoms with Crippen LogP contribution in [0, 0.1) is 0 Å². The predicted octanol–water partition coefficient (Wildman–Crippen LogP) is 1.39. The Hall–Kier alpha value is -1.45. The molecule has 3 N–H and O–H groups in total. The maximum atomic E-state index is 12.3. The van der Waals surface area contributed by atoms with Crippen molar-refractivity contribution in [3.63, 3.8) is 0 Å². The van der Waals surface area contributed by atoms with Crippen LogP contribution in [0.25, 0.3) is 0 Å². The monoisotopic (exact) mass is 419 g/mol. The third kappa shape index (κ3) is 5.57. The van der Waals surface area contributed by atoms with Crippen LogP contribution in [-0.2, 0) is 14.8 Å². The van der Waals surface area contributed by atoms with E-state index in [0.717, 1.165) is 0 Å². The summed E-state index contributed by atoms with van der Waals surface area (Å²) in [5, 5.41) is 5.15. The smallest absolute Gasteiger partial charge is 0.253 e. The SMILES string of the molecule is CCNC(=O)C(C)NC(=O)c1cc(S(=O)(=O)NC(C)C)ccc1Br. The van der Waals surface area contributed by atoms with Crippen LogP contribution in [0.15, 0.2) is 27.6 Å². The Morgan fingerprint density at radius 2 is 1.83 bits per heavy atom. The Bertz CT molecular complexity index is 719. The van der Waals surface area contributed by atoms with Crippen LogP contribution in [0.3, 0.4) is 0 Å². The number of rotatable bonds is 7. The molecule has 1 unspecified atom stereocenters. The summed E-state index contributed by atoms with van der Waals surface area (Å²) in [6.45, 7) is 7.20. The largest absolute Gasteiger partial charge is 0.355 e. The summed E-state index contributed by atoms with van der Waals surface area (Å²) in [7, 11) is -3.72. The van der Waals surface area contributed by atoms with Crippen molar-refractivity contribution in [3.05, 3.63) is 28.2 Å². The molecule has 2 amide bonds. The zero-order chi connectivity index (χ0) is 18.5. The van der Waals surface area contributed by atoms with Crippen LogP contribution in [0.4, 0.5) is 0 Å². The minimum Gasteiger partial charge on any atom is -0.355 e. The summed E-state index contributed by atoms with van der Waals surface area (Å²) in [5.41, 5.74) is 0.137. The van der Waals surface area contributed by atoms with Crippen molar-refractivity contribution >= 4 is 37.8 Å². The second-order valence-electron chi connectivity index (χ2n) is 5.51. The molecule has 0 radical (unpaired) electrons. The molecule has 7 nitrogen and oxygen atoms in total. The highest BCUT2D eigenvalue weighted by molar-refractivity contribution is 9.10. The van der Waals surface area contributed by atoms with Crippen molar-refractivity contribution in [2.24, 2.45) is 0 Å². The first kappa shape index (κ1) is 20.6. The van der Waals surface area contributed by atoms with Gasteiger partial charge in [-0.25, -0.2) is 13.1 Å². The molecular formula is C15H22BrN3O4S. The summed E-state index contributed by atoms with van der Waals surface area (Å²) in [6.07, 6.45) is 0. The van der Waals surface area contributed by atoms with Gasteiger partial charge < -0.3 is 10.6 Å². The summed E-state index contributed by atoms with van der Waals surface area (Å²) in [5.74, 6) is -0.852. The van der Waals surface area contributed by atoms with Crippen LogP contribution < -0.4 is 15.4 Å². The van der Waals surface area contributed by atoms with E-state index in [1.807, 2.05) is 0 Å². The van der Waals surface area contributed by atoms with Gasteiger partial charge in [-0.2, -0.15) is 0 Å². The van der Waals surface area contributed by atoms with Gasteiger partial charge in [-0.05, 0) is 61.8 Å². The minimum absolute atomic E-state index is 0.0183. The van der Waals surface area contributed by atoms with Gasteiger partial charge in [0.05, 0.1) is 10.5 Å². The molecule has 1 rings (SSSR count). The fraction of sp³-hybridized carbons (Fsp3) is 0.467. The lowest BCUT2D eigenvalue weighted by atomic mass is 10.2. The van der Waals surface area contributed by atoms with Crippen LogP contribution in [-0.4, -0.2) is 38.9 Å². The van der Waals surface area contributed by atoms with E-state index in [4.69, 9.17) is 0 Å². The van der Waals surface area contributed by atoms with Gasteiger partial charge >= 0.3 is 0 Å². The summed E-state index contributed by atoms with van der Waals surface area (Å²) in [4.78, 5) is 24.0. The lowest BCUT2D eigenvalue weighted by Crippen LogP contribution is -2.44. The van der Waals surface area contributed by atoms with Gasteiger partial charge in [0, 0.05) is 17.1 Å². The molecular weight excluding hydrogens is 398 g/mol. The van der Waals surface area contributed by atoms with Crippen LogP contribution in [0.1, 0.15) is 38.1 Å². The Labute approximate surface area is 150 Å². The van der Waals surface area contributed by atoms with Gasteiger partial charge in [-0.15, -0.1) is 0 Å².